The van der Waals surface area contributed by atoms with Gasteiger partial charge in [-0.25, -0.2) is 0 Å². The van der Waals surface area contributed by atoms with Crippen LogP contribution in [0.2, 0.25) is 0 Å². The normalized spacial score (nSPS) is 13.7. The Morgan fingerprint density at radius 3 is 2.57 bits per heavy atom. The molecule has 0 heterocycles. The van der Waals surface area contributed by atoms with Gasteiger partial charge in [0.1, 0.15) is 6.04 Å². The van der Waals surface area contributed by atoms with E-state index in [2.05, 4.69) is 4.99 Å². The molecule has 0 aromatic carbocycles. The molecule has 0 saturated heterocycles. The van der Waals surface area contributed by atoms with Gasteiger partial charge in [0.25, 0.3) is 0 Å². The lowest BCUT2D eigenvalue weighted by Crippen LogP contribution is -2.29. The Kier molecular flexibility index (Phi) is 9.38. The fraction of sp³-hybridized carbons (Fsp3) is 0.500. The quantitative estimate of drug-likeness (QED) is 0.349. The number of rotatable bonds is 5. The lowest BCUT2D eigenvalue weighted by atomic mass is 10.2. The van der Waals surface area contributed by atoms with E-state index in [4.69, 9.17) is 16.6 Å². The van der Waals surface area contributed by atoms with E-state index in [0.717, 1.165) is 0 Å². The number of carboxylic acid groups (broad SMARTS) is 1. The second-order valence-corrected chi connectivity index (χ2v) is 2.63. The Bertz CT molecular complexity index is 225. The maximum Gasteiger partial charge on any atom is 0.320 e. The molecule has 5 nitrogen and oxygen atoms in total. The van der Waals surface area contributed by atoms with Crippen LogP contribution in [0.3, 0.4) is 0 Å². The maximum atomic E-state index is 10.3. The second kappa shape index (κ2) is 8.52. The van der Waals surface area contributed by atoms with E-state index < -0.39 is 12.0 Å². The Morgan fingerprint density at radius 1 is 1.57 bits per heavy atom. The maximum absolute atomic E-state index is 10.3. The molecule has 14 heavy (non-hydrogen) atoms. The van der Waals surface area contributed by atoms with Gasteiger partial charge in [0.2, 0.25) is 0 Å². The van der Waals surface area contributed by atoms with Crippen molar-refractivity contribution >= 4 is 24.2 Å². The van der Waals surface area contributed by atoms with E-state index in [-0.39, 0.29) is 12.4 Å². The first-order valence-corrected chi connectivity index (χ1v) is 3.94. The van der Waals surface area contributed by atoms with Crippen molar-refractivity contribution in [2.45, 2.75) is 19.4 Å². The highest BCUT2D eigenvalue weighted by Crippen LogP contribution is 1.90. The van der Waals surface area contributed by atoms with Crippen molar-refractivity contribution in [3.05, 3.63) is 12.2 Å². The van der Waals surface area contributed by atoms with Crippen LogP contribution in [0.4, 0.5) is 0 Å². The summed E-state index contributed by atoms with van der Waals surface area (Å²) >= 11 is 0. The third-order valence-electron chi connectivity index (χ3n) is 1.32. The first kappa shape index (κ1) is 15.4. The molecule has 0 bridgehead atoms. The molecule has 0 fully saturated rings. The topological polar surface area (TPSA) is 102 Å². The summed E-state index contributed by atoms with van der Waals surface area (Å²) in [6.07, 6.45) is 3.73. The molecule has 0 spiro atoms. The molecule has 0 rings (SSSR count). The summed E-state index contributed by atoms with van der Waals surface area (Å²) < 4.78 is 0. The van der Waals surface area contributed by atoms with Gasteiger partial charge >= 0.3 is 5.97 Å². The van der Waals surface area contributed by atoms with Crippen molar-refractivity contribution in [1.82, 2.24) is 0 Å². The van der Waals surface area contributed by atoms with Gasteiger partial charge in [0.05, 0.1) is 12.4 Å². The van der Waals surface area contributed by atoms with Gasteiger partial charge in [0.15, 0.2) is 0 Å². The number of hydrogen-bond donors (Lipinski definition) is 3. The molecule has 0 aromatic rings. The van der Waals surface area contributed by atoms with E-state index in [9.17, 15) is 4.79 Å². The van der Waals surface area contributed by atoms with Crippen LogP contribution in [0.25, 0.3) is 0 Å². The number of aliphatic imine (C=N–C) groups is 1. The fourth-order valence-electron chi connectivity index (χ4n) is 0.615. The number of hydrogen-bond acceptors (Lipinski definition) is 3. The SMILES string of the molecule is CC(N)=NC/C=C/CC(N)C(=O)O.Cl. The van der Waals surface area contributed by atoms with Crippen LogP contribution in [0.1, 0.15) is 13.3 Å². The zero-order valence-corrected chi connectivity index (χ0v) is 8.83. The van der Waals surface area contributed by atoms with Crippen molar-refractivity contribution in [3.8, 4) is 0 Å². The molecule has 0 amide bonds. The highest BCUT2D eigenvalue weighted by molar-refractivity contribution is 5.85. The van der Waals surface area contributed by atoms with Gasteiger partial charge in [-0.3, -0.25) is 9.79 Å². The number of amidine groups is 1. The number of nitrogens with zero attached hydrogens (tertiary/aromatic N) is 1. The smallest absolute Gasteiger partial charge is 0.320 e. The van der Waals surface area contributed by atoms with E-state index in [0.29, 0.717) is 18.8 Å². The standard InChI is InChI=1S/C8H15N3O2.ClH/c1-6(9)11-5-3-2-4-7(10)8(12)13;/h2-3,7H,4-5,10H2,1H3,(H2,9,11)(H,12,13);1H/b3-2+;. The lowest BCUT2D eigenvalue weighted by Gasteiger charge is -1.99. The fourth-order valence-corrected chi connectivity index (χ4v) is 0.615. The first-order valence-electron chi connectivity index (χ1n) is 3.94. The van der Waals surface area contributed by atoms with Crippen molar-refractivity contribution in [2.75, 3.05) is 6.54 Å². The highest BCUT2D eigenvalue weighted by atomic mass is 35.5. The molecular weight excluding hydrogens is 206 g/mol. The molecule has 0 radical (unpaired) electrons. The van der Waals surface area contributed by atoms with Crippen LogP contribution in [0, 0.1) is 0 Å². The number of carboxylic acids is 1. The molecule has 0 aromatic heterocycles. The Morgan fingerprint density at radius 2 is 2.14 bits per heavy atom. The zero-order valence-electron chi connectivity index (χ0n) is 8.01. The van der Waals surface area contributed by atoms with Crippen LogP contribution < -0.4 is 11.5 Å². The molecule has 0 saturated carbocycles. The minimum Gasteiger partial charge on any atom is -0.480 e. The molecular formula is C8H16ClN3O2. The van der Waals surface area contributed by atoms with E-state index in [1.807, 2.05) is 0 Å². The van der Waals surface area contributed by atoms with Crippen LogP contribution in [-0.2, 0) is 4.79 Å². The lowest BCUT2D eigenvalue weighted by molar-refractivity contribution is -0.138. The van der Waals surface area contributed by atoms with Crippen molar-refractivity contribution < 1.29 is 9.90 Å². The summed E-state index contributed by atoms with van der Waals surface area (Å²) in [6.45, 7) is 2.16. The molecule has 1 unspecified atom stereocenters. The van der Waals surface area contributed by atoms with Gasteiger partial charge < -0.3 is 16.6 Å². The number of carbonyl (C=O) groups is 1. The van der Waals surface area contributed by atoms with Crippen molar-refractivity contribution in [2.24, 2.45) is 16.5 Å². The summed E-state index contributed by atoms with van der Waals surface area (Å²) in [5, 5.41) is 8.42. The van der Waals surface area contributed by atoms with Gasteiger partial charge in [-0.1, -0.05) is 12.2 Å². The van der Waals surface area contributed by atoms with Gasteiger partial charge in [0, 0.05) is 0 Å². The monoisotopic (exact) mass is 221 g/mol. The van der Waals surface area contributed by atoms with Crippen LogP contribution in [0.15, 0.2) is 17.1 Å². The third kappa shape index (κ3) is 9.02. The predicted molar refractivity (Wildman–Crippen MR) is 58.8 cm³/mol. The minimum absolute atomic E-state index is 0. The van der Waals surface area contributed by atoms with E-state index in [1.165, 1.54) is 0 Å². The average Bonchev–Trinajstić information content (AvgIpc) is 2.02. The van der Waals surface area contributed by atoms with E-state index >= 15 is 0 Å². The largest absolute Gasteiger partial charge is 0.480 e. The van der Waals surface area contributed by atoms with Crippen LogP contribution >= 0.6 is 12.4 Å². The predicted octanol–water partition coefficient (Wildman–Crippen LogP) is 0.144. The molecule has 82 valence electrons. The highest BCUT2D eigenvalue weighted by Gasteiger charge is 2.07. The summed E-state index contributed by atoms with van der Waals surface area (Å²) in [5.74, 6) is -0.490. The molecule has 5 N–H and O–H groups in total. The van der Waals surface area contributed by atoms with Gasteiger partial charge in [-0.15, -0.1) is 12.4 Å². The van der Waals surface area contributed by atoms with Crippen LogP contribution in [-0.4, -0.2) is 29.5 Å². The number of nitrogens with two attached hydrogens (primary N) is 2. The molecule has 0 aliphatic carbocycles. The van der Waals surface area contributed by atoms with Crippen LogP contribution in [0.5, 0.6) is 0 Å². The Labute approximate surface area is 89.3 Å². The summed E-state index contributed by atoms with van der Waals surface area (Å²) in [5.41, 5.74) is 10.5. The number of aliphatic carboxylic acids is 1. The third-order valence-corrected chi connectivity index (χ3v) is 1.32. The Hall–Kier alpha value is -1.07. The van der Waals surface area contributed by atoms with Crippen molar-refractivity contribution in [1.29, 1.82) is 0 Å². The molecule has 0 aliphatic heterocycles. The number of halogens is 1. The van der Waals surface area contributed by atoms with Gasteiger partial charge in [-0.2, -0.15) is 0 Å². The van der Waals surface area contributed by atoms with Gasteiger partial charge in [-0.05, 0) is 13.3 Å². The summed E-state index contributed by atoms with van der Waals surface area (Å²) in [6, 6.07) is -0.834. The molecule has 6 heteroatoms. The average molecular weight is 222 g/mol. The summed E-state index contributed by atoms with van der Waals surface area (Å²) in [7, 11) is 0. The minimum atomic E-state index is -0.997. The summed E-state index contributed by atoms with van der Waals surface area (Å²) in [4.78, 5) is 14.2. The second-order valence-electron chi connectivity index (χ2n) is 2.63. The first-order chi connectivity index (χ1) is 6.04. The molecule has 0 aliphatic rings. The zero-order chi connectivity index (χ0) is 10.3. The van der Waals surface area contributed by atoms with Crippen molar-refractivity contribution in [3.63, 3.8) is 0 Å². The Balaban J connectivity index is 0. The molecule has 1 atom stereocenters. The van der Waals surface area contributed by atoms with E-state index in [1.54, 1.807) is 19.1 Å².